The second-order valence-electron chi connectivity index (χ2n) is 3.91. The maximum absolute atomic E-state index is 12.0. The van der Waals surface area contributed by atoms with Crippen molar-refractivity contribution in [1.29, 1.82) is 0 Å². The summed E-state index contributed by atoms with van der Waals surface area (Å²) in [6.45, 7) is 1.37. The maximum atomic E-state index is 12.0. The largest absolute Gasteiger partial charge is 0.493 e. The van der Waals surface area contributed by atoms with Crippen LogP contribution in [-0.4, -0.2) is 19.9 Å². The Kier molecular flexibility index (Phi) is 4.84. The molecule has 1 aromatic carbocycles. The van der Waals surface area contributed by atoms with E-state index in [0.29, 0.717) is 5.75 Å². The van der Waals surface area contributed by atoms with Gasteiger partial charge in [0, 0.05) is 6.04 Å². The summed E-state index contributed by atoms with van der Waals surface area (Å²) in [5, 5.41) is 0. The fourth-order valence-electron chi connectivity index (χ4n) is 1.36. The molecule has 0 radical (unpaired) electrons. The van der Waals surface area contributed by atoms with Crippen molar-refractivity contribution in [2.45, 2.75) is 25.6 Å². The number of halogens is 3. The minimum absolute atomic E-state index is 0.178. The number of alkyl halides is 3. The zero-order chi connectivity index (χ0) is 13.8. The number of benzene rings is 1. The van der Waals surface area contributed by atoms with Crippen LogP contribution >= 0.6 is 0 Å². The van der Waals surface area contributed by atoms with Crippen LogP contribution in [0.4, 0.5) is 13.2 Å². The van der Waals surface area contributed by atoms with E-state index in [-0.39, 0.29) is 11.8 Å². The van der Waals surface area contributed by atoms with Gasteiger partial charge in [-0.15, -0.1) is 0 Å². The zero-order valence-corrected chi connectivity index (χ0v) is 10.3. The topological polar surface area (TPSA) is 44.5 Å². The third kappa shape index (κ3) is 4.44. The van der Waals surface area contributed by atoms with E-state index >= 15 is 0 Å². The molecule has 1 atom stereocenters. The van der Waals surface area contributed by atoms with Crippen molar-refractivity contribution >= 4 is 0 Å². The lowest BCUT2D eigenvalue weighted by Crippen LogP contribution is -2.13. The summed E-state index contributed by atoms with van der Waals surface area (Å²) in [6, 6.07) is 4.75. The summed E-state index contributed by atoms with van der Waals surface area (Å²) >= 11 is 0. The van der Waals surface area contributed by atoms with Gasteiger partial charge in [0.25, 0.3) is 0 Å². The van der Waals surface area contributed by atoms with Crippen LogP contribution in [-0.2, 0) is 0 Å². The van der Waals surface area contributed by atoms with Gasteiger partial charge < -0.3 is 15.2 Å². The molecule has 0 bridgehead atoms. The van der Waals surface area contributed by atoms with Gasteiger partial charge in [0.05, 0.1) is 20.1 Å². The van der Waals surface area contributed by atoms with Crippen LogP contribution in [0.2, 0.25) is 0 Å². The van der Waals surface area contributed by atoms with E-state index in [9.17, 15) is 13.2 Å². The lowest BCUT2D eigenvalue weighted by Gasteiger charge is -2.14. The van der Waals surface area contributed by atoms with E-state index in [2.05, 4.69) is 0 Å². The highest BCUT2D eigenvalue weighted by Gasteiger charge is 2.27. The van der Waals surface area contributed by atoms with Crippen molar-refractivity contribution in [2.24, 2.45) is 5.73 Å². The molecule has 0 spiro atoms. The molecule has 102 valence electrons. The molecule has 3 nitrogen and oxygen atoms in total. The highest BCUT2D eigenvalue weighted by atomic mass is 19.4. The third-order valence-electron chi connectivity index (χ3n) is 2.36. The molecular weight excluding hydrogens is 247 g/mol. The van der Waals surface area contributed by atoms with Gasteiger partial charge in [-0.1, -0.05) is 6.07 Å². The molecule has 1 aromatic rings. The Morgan fingerprint density at radius 1 is 1.28 bits per heavy atom. The quantitative estimate of drug-likeness (QED) is 0.888. The number of rotatable bonds is 5. The Balaban J connectivity index is 2.71. The van der Waals surface area contributed by atoms with E-state index in [4.69, 9.17) is 15.2 Å². The maximum Gasteiger partial charge on any atom is 0.392 e. The highest BCUT2D eigenvalue weighted by molar-refractivity contribution is 5.43. The van der Waals surface area contributed by atoms with E-state index < -0.39 is 19.2 Å². The average Bonchev–Trinajstić information content (AvgIpc) is 2.27. The van der Waals surface area contributed by atoms with Crippen LogP contribution in [0.15, 0.2) is 18.2 Å². The summed E-state index contributed by atoms with van der Waals surface area (Å²) < 4.78 is 46.1. The summed E-state index contributed by atoms with van der Waals surface area (Å²) in [4.78, 5) is 0. The zero-order valence-electron chi connectivity index (χ0n) is 10.3. The SMILES string of the molecule is COc1cc(C(C)N)ccc1OCCC(F)(F)F. The Labute approximate surface area is 104 Å². The van der Waals surface area contributed by atoms with Gasteiger partial charge in [-0.05, 0) is 24.6 Å². The van der Waals surface area contributed by atoms with Crippen molar-refractivity contribution in [3.8, 4) is 11.5 Å². The Bertz CT molecular complexity index is 391. The van der Waals surface area contributed by atoms with E-state index in [1.807, 2.05) is 0 Å². The monoisotopic (exact) mass is 263 g/mol. The lowest BCUT2D eigenvalue weighted by atomic mass is 10.1. The number of nitrogens with two attached hydrogens (primary N) is 1. The average molecular weight is 263 g/mol. The highest BCUT2D eigenvalue weighted by Crippen LogP contribution is 2.30. The smallest absolute Gasteiger partial charge is 0.392 e. The van der Waals surface area contributed by atoms with Crippen molar-refractivity contribution < 1.29 is 22.6 Å². The van der Waals surface area contributed by atoms with E-state index in [0.717, 1.165) is 5.56 Å². The standard InChI is InChI=1S/C12H16F3NO2/c1-8(16)9-3-4-10(11(7-9)17-2)18-6-5-12(13,14)15/h3-4,7-8H,5-6,16H2,1-2H3. The van der Waals surface area contributed by atoms with Crippen LogP contribution in [0.3, 0.4) is 0 Å². The van der Waals surface area contributed by atoms with Crippen LogP contribution in [0, 0.1) is 0 Å². The van der Waals surface area contributed by atoms with Crippen molar-refractivity contribution in [2.75, 3.05) is 13.7 Å². The summed E-state index contributed by atoms with van der Waals surface area (Å²) in [5.74, 6) is 0.665. The predicted octanol–water partition coefficient (Wildman–Crippen LogP) is 3.05. The molecule has 6 heteroatoms. The second-order valence-corrected chi connectivity index (χ2v) is 3.91. The predicted molar refractivity (Wildman–Crippen MR) is 61.8 cm³/mol. The van der Waals surface area contributed by atoms with Crippen LogP contribution in [0.5, 0.6) is 11.5 Å². The summed E-state index contributed by atoms with van der Waals surface area (Å²) in [7, 11) is 1.43. The molecule has 0 amide bonds. The van der Waals surface area contributed by atoms with E-state index in [1.165, 1.54) is 7.11 Å². The molecule has 0 fully saturated rings. The molecule has 2 N–H and O–H groups in total. The minimum atomic E-state index is -4.22. The Morgan fingerprint density at radius 3 is 2.44 bits per heavy atom. The first-order chi connectivity index (χ1) is 8.33. The molecule has 18 heavy (non-hydrogen) atoms. The molecule has 0 aromatic heterocycles. The first-order valence-corrected chi connectivity index (χ1v) is 5.46. The fraction of sp³-hybridized carbons (Fsp3) is 0.500. The van der Waals surface area contributed by atoms with Gasteiger partial charge in [-0.3, -0.25) is 0 Å². The van der Waals surface area contributed by atoms with Crippen molar-refractivity contribution in [1.82, 2.24) is 0 Å². The first-order valence-electron chi connectivity index (χ1n) is 5.46. The number of methoxy groups -OCH3 is 1. The molecule has 1 rings (SSSR count). The van der Waals surface area contributed by atoms with Crippen LogP contribution < -0.4 is 15.2 Å². The molecule has 0 aliphatic carbocycles. The van der Waals surface area contributed by atoms with Gasteiger partial charge in [-0.25, -0.2) is 0 Å². The van der Waals surface area contributed by atoms with Crippen LogP contribution in [0.1, 0.15) is 24.9 Å². The second kappa shape index (κ2) is 5.95. The molecule has 0 saturated heterocycles. The molecular formula is C12H16F3NO2. The molecule has 0 aliphatic heterocycles. The lowest BCUT2D eigenvalue weighted by molar-refractivity contribution is -0.139. The van der Waals surface area contributed by atoms with Crippen LogP contribution in [0.25, 0.3) is 0 Å². The number of ether oxygens (including phenoxy) is 2. The van der Waals surface area contributed by atoms with Gasteiger partial charge >= 0.3 is 6.18 Å². The van der Waals surface area contributed by atoms with E-state index in [1.54, 1.807) is 25.1 Å². The van der Waals surface area contributed by atoms with Gasteiger partial charge in [0.2, 0.25) is 0 Å². The normalized spacial score (nSPS) is 13.2. The Hall–Kier alpha value is -1.43. The van der Waals surface area contributed by atoms with Crippen molar-refractivity contribution in [3.63, 3.8) is 0 Å². The third-order valence-corrected chi connectivity index (χ3v) is 2.36. The molecule has 0 heterocycles. The summed E-state index contributed by atoms with van der Waals surface area (Å²) in [6.07, 6.45) is -5.22. The van der Waals surface area contributed by atoms with Gasteiger partial charge in [-0.2, -0.15) is 13.2 Å². The van der Waals surface area contributed by atoms with Gasteiger partial charge in [0.1, 0.15) is 0 Å². The minimum Gasteiger partial charge on any atom is -0.493 e. The molecule has 1 unspecified atom stereocenters. The molecule has 0 saturated carbocycles. The first kappa shape index (κ1) is 14.6. The number of hydrogen-bond acceptors (Lipinski definition) is 3. The molecule has 0 aliphatic rings. The van der Waals surface area contributed by atoms with Crippen molar-refractivity contribution in [3.05, 3.63) is 23.8 Å². The Morgan fingerprint density at radius 2 is 1.94 bits per heavy atom. The number of hydrogen-bond donors (Lipinski definition) is 1. The van der Waals surface area contributed by atoms with Gasteiger partial charge in [0.15, 0.2) is 11.5 Å². The summed E-state index contributed by atoms with van der Waals surface area (Å²) in [5.41, 5.74) is 6.53. The fourth-order valence-corrected chi connectivity index (χ4v) is 1.36.